The van der Waals surface area contributed by atoms with Crippen LogP contribution in [0.15, 0.2) is 66.2 Å². The molecule has 0 aliphatic carbocycles. The van der Waals surface area contributed by atoms with Gasteiger partial charge in [-0.05, 0) is 55.0 Å². The maximum absolute atomic E-state index is 13.5. The Morgan fingerprint density at radius 2 is 1.84 bits per heavy atom. The molecule has 1 fully saturated rings. The van der Waals surface area contributed by atoms with Gasteiger partial charge in [0.1, 0.15) is 17.3 Å². The zero-order chi connectivity index (χ0) is 27.0. The summed E-state index contributed by atoms with van der Waals surface area (Å²) in [6.45, 7) is 2.26. The standard InChI is InChI=1S/C28H24N2O7S/c1-4-37-18-7-5-6-16(12-18)25(32)23-24(15-8-11-20(31)21(13-15)36-3)30(27(34)26(23)33)28-29-19-10-9-17(35-2)14-22(19)38-28/h5-14,24,31-32H,4H2,1-3H3/b25-23+. The highest BCUT2D eigenvalue weighted by molar-refractivity contribution is 7.22. The number of aliphatic hydroxyl groups excluding tert-OH is 1. The Kier molecular flexibility index (Phi) is 6.64. The number of phenols is 1. The average molecular weight is 533 g/mol. The summed E-state index contributed by atoms with van der Waals surface area (Å²) in [6.07, 6.45) is 0. The van der Waals surface area contributed by atoms with Crippen LogP contribution in [0.1, 0.15) is 24.1 Å². The van der Waals surface area contributed by atoms with Crippen molar-refractivity contribution < 1.29 is 34.0 Å². The Hall–Kier alpha value is -4.57. The van der Waals surface area contributed by atoms with Crippen LogP contribution in [0.25, 0.3) is 16.0 Å². The van der Waals surface area contributed by atoms with Crippen LogP contribution in [0, 0.1) is 0 Å². The molecule has 9 nitrogen and oxygen atoms in total. The number of aliphatic hydroxyl groups is 1. The van der Waals surface area contributed by atoms with Gasteiger partial charge in [-0.25, -0.2) is 4.98 Å². The number of nitrogens with zero attached hydrogens (tertiary/aromatic N) is 2. The SMILES string of the molecule is CCOc1cccc(/C(O)=C2\C(=O)C(=O)N(c3nc4ccc(OC)cc4s3)C2c2ccc(O)c(OC)c2)c1. The molecule has 1 atom stereocenters. The summed E-state index contributed by atoms with van der Waals surface area (Å²) in [5, 5.41) is 21.8. The summed E-state index contributed by atoms with van der Waals surface area (Å²) in [4.78, 5) is 32.8. The van der Waals surface area contributed by atoms with E-state index in [2.05, 4.69) is 4.98 Å². The summed E-state index contributed by atoms with van der Waals surface area (Å²) in [5.74, 6) is -0.872. The monoisotopic (exact) mass is 532 g/mol. The number of ketones is 1. The average Bonchev–Trinajstić information content (AvgIpc) is 3.46. The molecule has 0 radical (unpaired) electrons. The van der Waals surface area contributed by atoms with Crippen LogP contribution in [0.2, 0.25) is 0 Å². The fourth-order valence-electron chi connectivity index (χ4n) is 4.39. The summed E-state index contributed by atoms with van der Waals surface area (Å²) < 4.78 is 16.9. The summed E-state index contributed by atoms with van der Waals surface area (Å²) in [6, 6.07) is 15.4. The van der Waals surface area contributed by atoms with E-state index in [1.54, 1.807) is 55.6 Å². The van der Waals surface area contributed by atoms with E-state index >= 15 is 0 Å². The van der Waals surface area contributed by atoms with E-state index < -0.39 is 17.7 Å². The molecule has 0 saturated carbocycles. The summed E-state index contributed by atoms with van der Waals surface area (Å²) in [7, 11) is 2.95. The first kappa shape index (κ1) is 25.1. The van der Waals surface area contributed by atoms with Crippen LogP contribution in [0.3, 0.4) is 0 Å². The van der Waals surface area contributed by atoms with Gasteiger partial charge in [-0.2, -0.15) is 0 Å². The normalized spacial score (nSPS) is 16.7. The molecule has 1 aromatic heterocycles. The lowest BCUT2D eigenvalue weighted by molar-refractivity contribution is -0.132. The minimum absolute atomic E-state index is 0.107. The fraction of sp³-hybridized carbons (Fsp3) is 0.179. The van der Waals surface area contributed by atoms with Crippen molar-refractivity contribution in [2.24, 2.45) is 0 Å². The number of aromatic hydroxyl groups is 1. The molecule has 2 N–H and O–H groups in total. The molecule has 1 amide bonds. The molecule has 1 aliphatic heterocycles. The topological polar surface area (TPSA) is 118 Å². The van der Waals surface area contributed by atoms with E-state index in [0.717, 1.165) is 4.70 Å². The molecule has 1 aliphatic rings. The maximum atomic E-state index is 13.5. The van der Waals surface area contributed by atoms with Crippen LogP contribution in [-0.4, -0.2) is 47.7 Å². The van der Waals surface area contributed by atoms with Gasteiger partial charge in [-0.1, -0.05) is 29.5 Å². The Balaban J connectivity index is 1.72. The lowest BCUT2D eigenvalue weighted by atomic mass is 9.95. The van der Waals surface area contributed by atoms with Crippen molar-refractivity contribution in [3.63, 3.8) is 0 Å². The van der Waals surface area contributed by atoms with Crippen LogP contribution in [0.4, 0.5) is 5.13 Å². The van der Waals surface area contributed by atoms with E-state index in [9.17, 15) is 19.8 Å². The molecule has 1 saturated heterocycles. The van der Waals surface area contributed by atoms with E-state index in [4.69, 9.17) is 14.2 Å². The molecule has 4 aromatic rings. The van der Waals surface area contributed by atoms with E-state index in [-0.39, 0.29) is 28.0 Å². The van der Waals surface area contributed by atoms with Crippen molar-refractivity contribution in [1.29, 1.82) is 0 Å². The highest BCUT2D eigenvalue weighted by atomic mass is 32.1. The summed E-state index contributed by atoms with van der Waals surface area (Å²) in [5.41, 5.74) is 1.27. The third kappa shape index (κ3) is 4.28. The van der Waals surface area contributed by atoms with E-state index in [1.807, 2.05) is 6.92 Å². The van der Waals surface area contributed by atoms with Crippen molar-refractivity contribution in [2.45, 2.75) is 13.0 Å². The minimum atomic E-state index is -1.04. The number of carbonyl (C=O) groups is 2. The molecule has 3 aromatic carbocycles. The van der Waals surface area contributed by atoms with Crippen molar-refractivity contribution >= 4 is 44.1 Å². The Morgan fingerprint density at radius 3 is 2.58 bits per heavy atom. The van der Waals surface area contributed by atoms with Gasteiger partial charge in [0.2, 0.25) is 0 Å². The molecular formula is C28H24N2O7S. The van der Waals surface area contributed by atoms with Crippen LogP contribution in [0.5, 0.6) is 23.0 Å². The molecule has 38 heavy (non-hydrogen) atoms. The van der Waals surface area contributed by atoms with Crippen molar-refractivity contribution in [3.05, 3.63) is 77.4 Å². The highest BCUT2D eigenvalue weighted by Crippen LogP contribution is 2.46. The third-order valence-corrected chi connectivity index (χ3v) is 7.19. The number of fused-ring (bicyclic) bond motifs is 1. The van der Waals surface area contributed by atoms with Crippen molar-refractivity contribution in [3.8, 4) is 23.0 Å². The second-order valence-electron chi connectivity index (χ2n) is 8.39. The molecule has 0 bridgehead atoms. The molecule has 2 heterocycles. The smallest absolute Gasteiger partial charge is 0.301 e. The quantitative estimate of drug-likeness (QED) is 0.193. The van der Waals surface area contributed by atoms with Gasteiger partial charge >= 0.3 is 5.91 Å². The number of hydrogen-bond acceptors (Lipinski definition) is 9. The van der Waals surface area contributed by atoms with Gasteiger partial charge in [0, 0.05) is 5.56 Å². The number of rotatable bonds is 7. The van der Waals surface area contributed by atoms with Gasteiger partial charge in [0.25, 0.3) is 5.78 Å². The van der Waals surface area contributed by atoms with Gasteiger partial charge < -0.3 is 24.4 Å². The Morgan fingerprint density at radius 1 is 1.03 bits per heavy atom. The minimum Gasteiger partial charge on any atom is -0.507 e. The van der Waals surface area contributed by atoms with Gasteiger partial charge in [-0.3, -0.25) is 14.5 Å². The molecule has 5 rings (SSSR count). The van der Waals surface area contributed by atoms with Gasteiger partial charge in [0.05, 0.1) is 42.7 Å². The third-order valence-electron chi connectivity index (χ3n) is 6.17. The number of thiazole rings is 1. The number of methoxy groups -OCH3 is 2. The van der Waals surface area contributed by atoms with E-state index in [0.29, 0.717) is 34.7 Å². The lowest BCUT2D eigenvalue weighted by Crippen LogP contribution is -2.29. The largest absolute Gasteiger partial charge is 0.507 e. The number of phenolic OH excluding ortho intramolecular Hbond substituents is 1. The van der Waals surface area contributed by atoms with Crippen molar-refractivity contribution in [2.75, 3.05) is 25.7 Å². The second kappa shape index (κ2) is 10.1. The zero-order valence-electron chi connectivity index (χ0n) is 20.8. The lowest BCUT2D eigenvalue weighted by Gasteiger charge is -2.23. The number of benzene rings is 3. The maximum Gasteiger partial charge on any atom is 0.301 e. The number of aromatic nitrogens is 1. The Bertz CT molecular complexity index is 1590. The highest BCUT2D eigenvalue weighted by Gasteiger charge is 2.48. The first-order valence-corrected chi connectivity index (χ1v) is 12.5. The van der Waals surface area contributed by atoms with Crippen molar-refractivity contribution in [1.82, 2.24) is 4.98 Å². The summed E-state index contributed by atoms with van der Waals surface area (Å²) >= 11 is 1.22. The first-order valence-electron chi connectivity index (χ1n) is 11.7. The van der Waals surface area contributed by atoms with Crippen LogP contribution >= 0.6 is 11.3 Å². The number of anilines is 1. The number of hydrogen-bond donors (Lipinski definition) is 2. The van der Waals surface area contributed by atoms with Gasteiger partial charge in [0.15, 0.2) is 16.6 Å². The second-order valence-corrected chi connectivity index (χ2v) is 9.40. The molecule has 10 heteroatoms. The molecule has 1 unspecified atom stereocenters. The number of ether oxygens (including phenoxy) is 3. The molecule has 194 valence electrons. The number of amides is 1. The molecular weight excluding hydrogens is 508 g/mol. The fourth-order valence-corrected chi connectivity index (χ4v) is 5.41. The number of Topliss-reactive ketones (excluding diaryl/α,β-unsaturated/α-hetero) is 1. The first-order chi connectivity index (χ1) is 18.4. The van der Waals surface area contributed by atoms with Crippen LogP contribution in [-0.2, 0) is 9.59 Å². The van der Waals surface area contributed by atoms with Gasteiger partial charge in [-0.15, -0.1) is 0 Å². The predicted octanol–water partition coefficient (Wildman–Crippen LogP) is 5.04. The predicted molar refractivity (Wildman–Crippen MR) is 143 cm³/mol. The van der Waals surface area contributed by atoms with E-state index in [1.165, 1.54) is 35.5 Å². The zero-order valence-corrected chi connectivity index (χ0v) is 21.6. The van der Waals surface area contributed by atoms with Crippen LogP contribution < -0.4 is 19.1 Å². The Labute approximate surface area is 222 Å². The molecule has 0 spiro atoms. The number of carbonyl (C=O) groups excluding carboxylic acids is 2.